The molecule has 0 unspecified atom stereocenters. The van der Waals surface area contributed by atoms with Crippen LogP contribution in [0.4, 0.5) is 4.39 Å². The minimum Gasteiger partial charge on any atom is -0.481 e. The van der Waals surface area contributed by atoms with E-state index in [1.54, 1.807) is 30.3 Å². The molecule has 3 N–H and O–H groups in total. The van der Waals surface area contributed by atoms with E-state index in [-0.39, 0.29) is 0 Å². The molecular weight excluding hydrogens is 299 g/mol. The van der Waals surface area contributed by atoms with Gasteiger partial charge in [0.15, 0.2) is 6.10 Å². The first-order valence-corrected chi connectivity index (χ1v) is 7.04. The summed E-state index contributed by atoms with van der Waals surface area (Å²) in [6.45, 7) is 1.53. The van der Waals surface area contributed by atoms with E-state index in [0.717, 1.165) is 0 Å². The third-order valence-corrected chi connectivity index (χ3v) is 3.20. The molecule has 2 amide bonds. The van der Waals surface area contributed by atoms with Crippen molar-refractivity contribution in [3.8, 4) is 5.75 Å². The highest BCUT2D eigenvalue weighted by atomic mass is 19.1. The summed E-state index contributed by atoms with van der Waals surface area (Å²) in [7, 11) is 0. The molecule has 0 spiro atoms. The summed E-state index contributed by atoms with van der Waals surface area (Å²) in [6.07, 6.45) is -0.869. The molecule has 2 aromatic rings. The van der Waals surface area contributed by atoms with Crippen LogP contribution in [0.2, 0.25) is 0 Å². The molecule has 0 radical (unpaired) electrons. The van der Waals surface area contributed by atoms with E-state index in [1.807, 2.05) is 0 Å². The van der Waals surface area contributed by atoms with Gasteiger partial charge in [-0.15, -0.1) is 0 Å². The molecule has 0 heterocycles. The molecule has 0 aliphatic rings. The summed E-state index contributed by atoms with van der Waals surface area (Å²) in [5.41, 5.74) is 5.94. The molecule has 0 aliphatic carbocycles. The first kappa shape index (κ1) is 16.5. The van der Waals surface area contributed by atoms with Crippen molar-refractivity contribution in [2.24, 2.45) is 5.73 Å². The zero-order chi connectivity index (χ0) is 16.8. The van der Waals surface area contributed by atoms with Crippen LogP contribution in [0.25, 0.3) is 0 Å². The van der Waals surface area contributed by atoms with Crippen LogP contribution in [0, 0.1) is 5.82 Å². The van der Waals surface area contributed by atoms with Crippen LogP contribution in [-0.2, 0) is 9.59 Å². The van der Waals surface area contributed by atoms with Crippen molar-refractivity contribution in [3.05, 3.63) is 66.0 Å². The fourth-order valence-electron chi connectivity index (χ4n) is 1.99. The van der Waals surface area contributed by atoms with Crippen molar-refractivity contribution in [2.45, 2.75) is 19.1 Å². The van der Waals surface area contributed by atoms with E-state index in [0.29, 0.717) is 11.3 Å². The van der Waals surface area contributed by atoms with Gasteiger partial charge in [-0.25, -0.2) is 4.39 Å². The summed E-state index contributed by atoms with van der Waals surface area (Å²) < 4.78 is 18.3. The molecule has 120 valence electrons. The predicted octanol–water partition coefficient (Wildman–Crippen LogP) is 1.94. The normalized spacial score (nSPS) is 13.0. The number of nitrogens with two attached hydrogens (primary N) is 1. The first-order valence-electron chi connectivity index (χ1n) is 7.04. The van der Waals surface area contributed by atoms with Gasteiger partial charge in [-0.2, -0.15) is 0 Å². The molecule has 0 saturated carbocycles. The number of benzene rings is 2. The molecule has 6 heteroatoms. The molecule has 0 bridgehead atoms. The van der Waals surface area contributed by atoms with Crippen LogP contribution in [0.5, 0.6) is 5.75 Å². The van der Waals surface area contributed by atoms with Crippen LogP contribution >= 0.6 is 0 Å². The molecule has 2 aromatic carbocycles. The van der Waals surface area contributed by atoms with Gasteiger partial charge >= 0.3 is 0 Å². The first-order chi connectivity index (χ1) is 11.0. The SMILES string of the molecule is C[C@@H](Oc1ccc(F)cc1)C(=O)N[C@@H](C(N)=O)c1ccccc1. The summed E-state index contributed by atoms with van der Waals surface area (Å²) in [5, 5.41) is 2.55. The Labute approximate surface area is 133 Å². The van der Waals surface area contributed by atoms with E-state index in [4.69, 9.17) is 10.5 Å². The average molecular weight is 316 g/mol. The van der Waals surface area contributed by atoms with E-state index >= 15 is 0 Å². The van der Waals surface area contributed by atoms with Gasteiger partial charge in [0.1, 0.15) is 17.6 Å². The Morgan fingerprint density at radius 3 is 2.26 bits per heavy atom. The maximum atomic E-state index is 12.8. The van der Waals surface area contributed by atoms with Gasteiger partial charge in [0.25, 0.3) is 5.91 Å². The van der Waals surface area contributed by atoms with Gasteiger partial charge in [0, 0.05) is 0 Å². The number of hydrogen-bond acceptors (Lipinski definition) is 3. The van der Waals surface area contributed by atoms with E-state index < -0.39 is 29.8 Å². The zero-order valence-corrected chi connectivity index (χ0v) is 12.5. The van der Waals surface area contributed by atoms with Crippen molar-refractivity contribution < 1.29 is 18.7 Å². The number of ether oxygens (including phenoxy) is 1. The van der Waals surface area contributed by atoms with Gasteiger partial charge in [-0.3, -0.25) is 9.59 Å². The minimum absolute atomic E-state index is 0.351. The Morgan fingerprint density at radius 2 is 1.70 bits per heavy atom. The quantitative estimate of drug-likeness (QED) is 0.854. The Bertz CT molecular complexity index is 674. The van der Waals surface area contributed by atoms with Gasteiger partial charge in [-0.05, 0) is 36.8 Å². The van der Waals surface area contributed by atoms with Gasteiger partial charge in [0.2, 0.25) is 5.91 Å². The molecular formula is C17H17FN2O3. The smallest absolute Gasteiger partial charge is 0.261 e. The van der Waals surface area contributed by atoms with Crippen LogP contribution in [0.3, 0.4) is 0 Å². The lowest BCUT2D eigenvalue weighted by Gasteiger charge is -2.19. The van der Waals surface area contributed by atoms with Crippen molar-refractivity contribution in [1.29, 1.82) is 0 Å². The summed E-state index contributed by atoms with van der Waals surface area (Å²) in [6, 6.07) is 13.0. The molecule has 0 aliphatic heterocycles. The standard InChI is InChI=1S/C17H17FN2O3/c1-11(23-14-9-7-13(18)8-10-14)17(22)20-15(16(19)21)12-5-3-2-4-6-12/h2-11,15H,1H3,(H2,19,21)(H,20,22)/t11-,15-/m1/s1. The van der Waals surface area contributed by atoms with Gasteiger partial charge < -0.3 is 15.8 Å². The number of carbonyl (C=O) groups is 2. The number of hydrogen-bond donors (Lipinski definition) is 2. The maximum absolute atomic E-state index is 12.8. The van der Waals surface area contributed by atoms with Gasteiger partial charge in [0.05, 0.1) is 0 Å². The summed E-state index contributed by atoms with van der Waals surface area (Å²) in [4.78, 5) is 23.8. The van der Waals surface area contributed by atoms with Crippen molar-refractivity contribution in [3.63, 3.8) is 0 Å². The highest BCUT2D eigenvalue weighted by Gasteiger charge is 2.23. The van der Waals surface area contributed by atoms with Crippen LogP contribution in [0.15, 0.2) is 54.6 Å². The lowest BCUT2D eigenvalue weighted by Crippen LogP contribution is -2.43. The fraction of sp³-hybridized carbons (Fsp3) is 0.176. The lowest BCUT2D eigenvalue weighted by molar-refractivity contribution is -0.131. The Balaban J connectivity index is 2.03. The Kier molecular flexibility index (Phi) is 5.30. The predicted molar refractivity (Wildman–Crippen MR) is 83.0 cm³/mol. The number of amides is 2. The second-order valence-corrected chi connectivity index (χ2v) is 4.97. The third kappa shape index (κ3) is 4.54. The summed E-state index contributed by atoms with van der Waals surface area (Å²) >= 11 is 0. The molecule has 5 nitrogen and oxygen atoms in total. The van der Waals surface area contributed by atoms with Crippen molar-refractivity contribution in [2.75, 3.05) is 0 Å². The second kappa shape index (κ2) is 7.40. The second-order valence-electron chi connectivity index (χ2n) is 4.97. The lowest BCUT2D eigenvalue weighted by atomic mass is 10.1. The van der Waals surface area contributed by atoms with Gasteiger partial charge in [-0.1, -0.05) is 30.3 Å². The minimum atomic E-state index is -0.942. The fourth-order valence-corrected chi connectivity index (χ4v) is 1.99. The molecule has 2 atom stereocenters. The van der Waals surface area contributed by atoms with Crippen LogP contribution < -0.4 is 15.8 Å². The molecule has 0 fully saturated rings. The largest absolute Gasteiger partial charge is 0.481 e. The zero-order valence-electron chi connectivity index (χ0n) is 12.5. The van der Waals surface area contributed by atoms with E-state index in [2.05, 4.69) is 5.32 Å². The van der Waals surface area contributed by atoms with E-state index in [1.165, 1.54) is 31.2 Å². The van der Waals surface area contributed by atoms with Crippen LogP contribution in [-0.4, -0.2) is 17.9 Å². The topological polar surface area (TPSA) is 81.4 Å². The highest BCUT2D eigenvalue weighted by molar-refractivity contribution is 5.89. The van der Waals surface area contributed by atoms with Crippen LogP contribution in [0.1, 0.15) is 18.5 Å². The van der Waals surface area contributed by atoms with Crippen molar-refractivity contribution >= 4 is 11.8 Å². The highest BCUT2D eigenvalue weighted by Crippen LogP contribution is 2.15. The van der Waals surface area contributed by atoms with Crippen molar-refractivity contribution in [1.82, 2.24) is 5.32 Å². The molecule has 2 rings (SSSR count). The molecule has 23 heavy (non-hydrogen) atoms. The average Bonchev–Trinajstić information content (AvgIpc) is 2.55. The maximum Gasteiger partial charge on any atom is 0.261 e. The Morgan fingerprint density at radius 1 is 1.09 bits per heavy atom. The number of nitrogens with one attached hydrogen (secondary N) is 1. The molecule has 0 aromatic heterocycles. The number of carbonyl (C=O) groups excluding carboxylic acids is 2. The molecule has 0 saturated heterocycles. The van der Waals surface area contributed by atoms with E-state index in [9.17, 15) is 14.0 Å². The Hall–Kier alpha value is -2.89. The summed E-state index contributed by atoms with van der Waals surface area (Å²) in [5.74, 6) is -1.21. The number of primary amides is 1. The third-order valence-electron chi connectivity index (χ3n) is 3.20. The number of halogens is 1. The monoisotopic (exact) mass is 316 g/mol. The number of rotatable bonds is 6.